The number of aromatic amines is 2. The van der Waals surface area contributed by atoms with Gasteiger partial charge in [0.05, 0.1) is 110 Å². The zero-order chi connectivity index (χ0) is 55.3. The zero-order valence-electron chi connectivity index (χ0n) is 41.2. The first-order chi connectivity index (χ1) is 36.7. The molecule has 0 aliphatic carbocycles. The average molecular weight is 1370 g/mol. The molecule has 0 amide bonds. The van der Waals surface area contributed by atoms with Crippen molar-refractivity contribution in [3.8, 4) is 35.0 Å². The number of rotatable bonds is 24. The molecule has 3 aromatic heterocycles. The van der Waals surface area contributed by atoms with Gasteiger partial charge in [-0.15, -0.1) is 4.98 Å². The molecule has 0 saturated carbocycles. The number of quaternary nitrogens is 1. The van der Waals surface area contributed by atoms with Crippen molar-refractivity contribution in [3.05, 3.63) is 42.4 Å². The van der Waals surface area contributed by atoms with Crippen molar-refractivity contribution >= 4 is 102 Å². The van der Waals surface area contributed by atoms with E-state index in [0.29, 0.717) is 101 Å². The number of hydrogen-bond acceptors (Lipinski definition) is 22. The van der Waals surface area contributed by atoms with Crippen molar-refractivity contribution in [3.63, 3.8) is 0 Å². The molecule has 0 bridgehead atoms. The second-order valence-electron chi connectivity index (χ2n) is 18.7. The molecule has 3 aliphatic rings. The van der Waals surface area contributed by atoms with E-state index < -0.39 is 78.0 Å². The van der Waals surface area contributed by atoms with Gasteiger partial charge in [0, 0.05) is 37.8 Å². The Kier molecular flexibility index (Phi) is 20.1. The van der Waals surface area contributed by atoms with Gasteiger partial charge in [-0.2, -0.15) is 18.4 Å². The molecule has 77 heavy (non-hydrogen) atoms. The van der Waals surface area contributed by atoms with Gasteiger partial charge in [-0.25, -0.2) is 0 Å². The van der Waals surface area contributed by atoms with Gasteiger partial charge in [0.1, 0.15) is 79.9 Å². The maximum atomic E-state index is 11.6. The number of hydrogen-bond donors (Lipinski definition) is 11. The minimum atomic E-state index is -4.16. The largest absolute Gasteiger partial charge is 0.488 e. The van der Waals surface area contributed by atoms with Gasteiger partial charge in [-0.05, 0) is 75.9 Å². The molecule has 26 nitrogen and oxygen atoms in total. The van der Waals surface area contributed by atoms with Crippen molar-refractivity contribution in [2.75, 3.05) is 96.2 Å². The first-order valence-corrected chi connectivity index (χ1v) is 29.2. The van der Waals surface area contributed by atoms with Gasteiger partial charge >= 0.3 is 12.0 Å². The Hall–Kier alpha value is -3.48. The summed E-state index contributed by atoms with van der Waals surface area (Å²) in [7, 11) is -4.16. The van der Waals surface area contributed by atoms with E-state index in [0.717, 1.165) is 0 Å². The van der Waals surface area contributed by atoms with Gasteiger partial charge in [0.25, 0.3) is 10.1 Å². The molecule has 31 heteroatoms. The van der Waals surface area contributed by atoms with Crippen molar-refractivity contribution in [2.24, 2.45) is 5.92 Å². The maximum Gasteiger partial charge on any atom is 0.324 e. The molecular weight excluding hydrogens is 1310 g/mol. The highest BCUT2D eigenvalue weighted by molar-refractivity contribution is 9.11. The number of anilines is 1. The minimum Gasteiger partial charge on any atom is -0.488 e. The fourth-order valence-electron chi connectivity index (χ4n) is 9.37. The molecule has 11 N–H and O–H groups in total. The summed E-state index contributed by atoms with van der Waals surface area (Å²) in [6, 6.07) is 3.30. The summed E-state index contributed by atoms with van der Waals surface area (Å²) < 4.78 is 82.9. The first kappa shape index (κ1) is 59.6. The smallest absolute Gasteiger partial charge is 0.324 e. The van der Waals surface area contributed by atoms with Gasteiger partial charge in [0.15, 0.2) is 0 Å². The quantitative estimate of drug-likeness (QED) is 0.0238. The van der Waals surface area contributed by atoms with Gasteiger partial charge in [-0.1, -0.05) is 6.92 Å². The Bertz CT molecular complexity index is 2760. The molecule has 3 fully saturated rings. The number of H-pyrrole nitrogens is 2. The lowest BCUT2D eigenvalue weighted by Gasteiger charge is -2.45. The summed E-state index contributed by atoms with van der Waals surface area (Å²) >= 11 is 14.4. The number of halogens is 4. The Morgan fingerprint density at radius 1 is 0.675 bits per heavy atom. The molecule has 6 heterocycles. The summed E-state index contributed by atoms with van der Waals surface area (Å²) in [6.07, 6.45) is -8.33. The first-order valence-electron chi connectivity index (χ1n) is 24.4. The number of aliphatic hydroxyl groups excluding tert-OH is 8. The second kappa shape index (κ2) is 26.0. The number of fused-ring (bicyclic) bond motifs is 2. The van der Waals surface area contributed by atoms with Gasteiger partial charge < -0.3 is 98.1 Å². The molecule has 3 saturated heterocycles. The van der Waals surface area contributed by atoms with E-state index >= 15 is 0 Å². The normalized spacial score (nSPS) is 25.8. The Balaban J connectivity index is 0.963. The van der Waals surface area contributed by atoms with Crippen molar-refractivity contribution in [2.45, 2.75) is 75.1 Å². The van der Waals surface area contributed by atoms with Crippen LogP contribution in [0.3, 0.4) is 0 Å². The number of aromatic nitrogens is 5. The molecule has 3 aliphatic heterocycles. The van der Waals surface area contributed by atoms with Crippen molar-refractivity contribution < 1.29 is 96.2 Å². The fourth-order valence-corrected chi connectivity index (χ4v) is 13.0. The lowest BCUT2D eigenvalue weighted by molar-refractivity contribution is -0.928. The highest BCUT2D eigenvalue weighted by Gasteiger charge is 2.46. The number of aliphatic hydroxyl groups is 8. The van der Waals surface area contributed by atoms with Crippen LogP contribution in [0.25, 0.3) is 21.8 Å². The lowest BCUT2D eigenvalue weighted by atomic mass is 9.91. The third kappa shape index (κ3) is 13.8. The summed E-state index contributed by atoms with van der Waals surface area (Å²) in [5.74, 6) is 0.495. The van der Waals surface area contributed by atoms with Crippen LogP contribution in [0.1, 0.15) is 19.8 Å². The van der Waals surface area contributed by atoms with E-state index in [1.165, 1.54) is 6.20 Å². The number of ether oxygens (including phenoxy) is 8. The lowest BCUT2D eigenvalue weighted by Crippen LogP contribution is -2.61. The highest BCUT2D eigenvalue weighted by atomic mass is 79.9. The SMILES string of the molecule is C[C@H]1[C@H](O)[C@@H](O)[C@H](Oc2c[nH]c3cc(Br)c(OCCOc4nc(OCCOc5c(Br)cc6[nH]cc(O[C@@H]7O[C@H](CO)[C@@H](O)[C@H](O)[C@H]7O)c6c5Br)nc(N5CC[N+](CCCO)(CCCS(=O)(=O)O)CC5)n4)c(Br)c23)O[C@@H]1CO. The summed E-state index contributed by atoms with van der Waals surface area (Å²) in [5, 5.41) is 82.8. The molecular formula is C46H60Br4N7O19S+. The van der Waals surface area contributed by atoms with Gasteiger partial charge in [-0.3, -0.25) is 4.55 Å². The van der Waals surface area contributed by atoms with E-state index in [2.05, 4.69) is 88.6 Å². The molecule has 0 unspecified atom stereocenters. The Morgan fingerprint density at radius 3 is 1.65 bits per heavy atom. The van der Waals surface area contributed by atoms with Crippen LogP contribution >= 0.6 is 63.7 Å². The van der Waals surface area contributed by atoms with E-state index in [1.807, 2.05) is 4.90 Å². The molecule has 0 spiro atoms. The molecule has 426 valence electrons. The standard InChI is InChI=1S/C46H59Br4N7O19S/c1-22-29(20-59)75-42(38(64)35(22)61)73-27-18-51-25-16-23(47)40(33(49)31(25)27)69-11-13-71-45-53-44(56-4-8-57(9-5-56,6-2-10-58)7-3-15-77(66,67)68)54-46(55-45)72-14-12-70-41-24(48)17-26-32(34(41)50)28(19-52-26)74-43-39(65)37(63)36(62)30(21-60)76-43/h16-19,22,29-30,35-39,42-43,51-52,58-65H,2-15,20-21H2,1H3/p+1/t22-,29-,30-,35+,36-,37+,38-,39-,42-,43-/m1/s1. The monoisotopic (exact) mass is 1360 g/mol. The Labute approximate surface area is 474 Å². The van der Waals surface area contributed by atoms with E-state index in [1.54, 1.807) is 25.3 Å². The van der Waals surface area contributed by atoms with Crippen LogP contribution < -0.4 is 33.3 Å². The zero-order valence-corrected chi connectivity index (χ0v) is 48.3. The molecule has 8 rings (SSSR count). The topological polar surface area (TPSA) is 364 Å². The van der Waals surface area contributed by atoms with E-state index in [4.69, 9.17) is 37.9 Å². The third-order valence-electron chi connectivity index (χ3n) is 13.6. The van der Waals surface area contributed by atoms with Crippen LogP contribution in [-0.2, 0) is 19.6 Å². The van der Waals surface area contributed by atoms with Crippen molar-refractivity contribution in [1.29, 1.82) is 0 Å². The average Bonchev–Trinajstić information content (AvgIpc) is 4.00. The maximum absolute atomic E-state index is 11.6. The third-order valence-corrected chi connectivity index (χ3v) is 17.1. The van der Waals surface area contributed by atoms with Crippen LogP contribution in [0, 0.1) is 5.92 Å². The highest BCUT2D eigenvalue weighted by Crippen LogP contribution is 2.46. The second-order valence-corrected chi connectivity index (χ2v) is 23.6. The number of piperazine rings is 1. The van der Waals surface area contributed by atoms with Crippen LogP contribution in [0.4, 0.5) is 5.95 Å². The van der Waals surface area contributed by atoms with Crippen molar-refractivity contribution in [1.82, 2.24) is 24.9 Å². The predicted octanol–water partition coefficient (Wildman–Crippen LogP) is 1.73. The predicted molar refractivity (Wildman–Crippen MR) is 286 cm³/mol. The molecule has 5 aromatic rings. The fraction of sp³-hybridized carbons (Fsp3) is 0.587. The minimum absolute atomic E-state index is 0.0241. The van der Waals surface area contributed by atoms with Crippen LogP contribution in [0.15, 0.2) is 42.4 Å². The summed E-state index contributed by atoms with van der Waals surface area (Å²) in [6.45, 7) is 3.42. The Morgan fingerprint density at radius 2 is 1.16 bits per heavy atom. The van der Waals surface area contributed by atoms with Gasteiger partial charge in [0.2, 0.25) is 18.5 Å². The molecule has 2 aromatic carbocycles. The summed E-state index contributed by atoms with van der Waals surface area (Å²) in [4.78, 5) is 21.8. The van der Waals surface area contributed by atoms with Crippen LogP contribution in [-0.4, -0.2) is 230 Å². The molecule has 10 atom stereocenters. The van der Waals surface area contributed by atoms with Crippen LogP contribution in [0.5, 0.6) is 35.0 Å². The van der Waals surface area contributed by atoms with E-state index in [9.17, 15) is 53.8 Å². The van der Waals surface area contributed by atoms with Crippen LogP contribution in [0.2, 0.25) is 0 Å². The number of benzene rings is 2. The summed E-state index contributed by atoms with van der Waals surface area (Å²) in [5.41, 5.74) is 1.22. The number of nitrogens with one attached hydrogen (secondary N) is 2. The molecule has 0 radical (unpaired) electrons. The van der Waals surface area contributed by atoms with E-state index in [-0.39, 0.29) is 81.3 Å². The number of nitrogens with zero attached hydrogens (tertiary/aromatic N) is 5.